The van der Waals surface area contributed by atoms with E-state index in [4.69, 9.17) is 9.47 Å². The summed E-state index contributed by atoms with van der Waals surface area (Å²) in [5.41, 5.74) is 0. The highest BCUT2D eigenvalue weighted by Gasteiger charge is 2.49. The monoisotopic (exact) mass is 347 g/mol. The molecule has 1 atom stereocenters. The van der Waals surface area contributed by atoms with E-state index in [2.05, 4.69) is 4.98 Å². The van der Waals surface area contributed by atoms with Gasteiger partial charge in [0.25, 0.3) is 0 Å². The number of rotatable bonds is 7. The number of para-hydroxylation sites is 2. The maximum Gasteiger partial charge on any atom is 0.193 e. The number of ether oxygens (including phenoxy) is 2. The Hall–Kier alpha value is -2.15. The van der Waals surface area contributed by atoms with Crippen molar-refractivity contribution in [3.8, 4) is 11.5 Å². The molecule has 1 saturated heterocycles. The third-order valence-electron chi connectivity index (χ3n) is 4.08. The zero-order valence-corrected chi connectivity index (χ0v) is 14.7. The lowest BCUT2D eigenvalue weighted by Gasteiger charge is -2.37. The van der Waals surface area contributed by atoms with E-state index < -0.39 is 4.87 Å². The second-order valence-corrected chi connectivity index (χ2v) is 6.79. The fraction of sp³-hybridized carbons (Fsp3) is 0.412. The van der Waals surface area contributed by atoms with Gasteiger partial charge in [0.15, 0.2) is 22.2 Å². The molecule has 128 valence electrons. The molecule has 7 heteroatoms. The number of nitrogens with zero attached hydrogens (tertiary/aromatic N) is 3. The van der Waals surface area contributed by atoms with Crippen molar-refractivity contribution in [2.24, 2.45) is 0 Å². The van der Waals surface area contributed by atoms with Gasteiger partial charge >= 0.3 is 0 Å². The second-order valence-electron chi connectivity index (χ2n) is 5.41. The number of Topliss-reactive ketones (excluding diaryl/α,β-unsaturated/α-hetero) is 1. The van der Waals surface area contributed by atoms with Crippen LogP contribution in [0.3, 0.4) is 0 Å². The summed E-state index contributed by atoms with van der Waals surface area (Å²) in [5.74, 6) is 2.31. The minimum Gasteiger partial charge on any atom is -0.493 e. The minimum atomic E-state index is -0.754. The summed E-state index contributed by atoms with van der Waals surface area (Å²) in [6.07, 6.45) is 5.73. The van der Waals surface area contributed by atoms with Crippen LogP contribution in [0.1, 0.15) is 13.3 Å². The number of thioether (sulfide) groups is 1. The van der Waals surface area contributed by atoms with Crippen molar-refractivity contribution >= 4 is 17.5 Å². The number of hydrogen-bond donors (Lipinski definition) is 0. The van der Waals surface area contributed by atoms with Crippen molar-refractivity contribution in [2.75, 3.05) is 31.0 Å². The lowest BCUT2D eigenvalue weighted by atomic mass is 10.1. The van der Waals surface area contributed by atoms with E-state index in [1.54, 1.807) is 31.4 Å². The smallest absolute Gasteiger partial charge is 0.193 e. The third kappa shape index (κ3) is 2.96. The van der Waals surface area contributed by atoms with Crippen LogP contribution in [-0.4, -0.2) is 46.3 Å². The average molecular weight is 347 g/mol. The zero-order valence-electron chi connectivity index (χ0n) is 13.8. The number of aromatic nitrogens is 2. The Balaban J connectivity index is 1.88. The Labute approximate surface area is 145 Å². The predicted molar refractivity (Wildman–Crippen MR) is 94.3 cm³/mol. The van der Waals surface area contributed by atoms with Gasteiger partial charge in [-0.2, -0.15) is 0 Å². The molecule has 0 amide bonds. The number of hydrogen-bond acceptors (Lipinski definition) is 6. The molecule has 0 N–H and O–H groups in total. The van der Waals surface area contributed by atoms with E-state index in [1.165, 1.54) is 0 Å². The van der Waals surface area contributed by atoms with Gasteiger partial charge in [-0.3, -0.25) is 14.5 Å². The van der Waals surface area contributed by atoms with Crippen LogP contribution in [0.25, 0.3) is 0 Å². The summed E-state index contributed by atoms with van der Waals surface area (Å²) in [6, 6.07) is 7.48. The second kappa shape index (κ2) is 7.17. The minimum absolute atomic E-state index is 0.147. The summed E-state index contributed by atoms with van der Waals surface area (Å²) in [7, 11) is 1.61. The summed E-state index contributed by atoms with van der Waals surface area (Å²) < 4.78 is 13.2. The average Bonchev–Trinajstić information content (AvgIpc) is 3.29. The predicted octanol–water partition coefficient (Wildman–Crippen LogP) is 2.33. The fourth-order valence-corrected chi connectivity index (χ4v) is 4.25. The molecule has 1 aliphatic rings. The normalized spacial score (nSPS) is 20.2. The summed E-state index contributed by atoms with van der Waals surface area (Å²) >= 11 is 1.62. The molecule has 2 aromatic rings. The molecule has 2 heterocycles. The van der Waals surface area contributed by atoms with E-state index in [1.807, 2.05) is 47.1 Å². The van der Waals surface area contributed by atoms with E-state index in [0.717, 1.165) is 12.3 Å². The first-order valence-electron chi connectivity index (χ1n) is 7.90. The van der Waals surface area contributed by atoms with Gasteiger partial charge in [-0.1, -0.05) is 19.1 Å². The highest BCUT2D eigenvalue weighted by atomic mass is 32.2. The quantitative estimate of drug-likeness (QED) is 0.766. The van der Waals surface area contributed by atoms with Crippen LogP contribution < -0.4 is 14.5 Å². The van der Waals surface area contributed by atoms with Gasteiger partial charge in [0.05, 0.1) is 7.11 Å². The Kier molecular flexibility index (Phi) is 4.99. The first kappa shape index (κ1) is 16.7. The largest absolute Gasteiger partial charge is 0.493 e. The standard InChI is InChI=1S/C17H21N3O3S/c1-3-16(21)17(12-23-15-7-5-4-6-14(15)22-2)20(10-11-24-17)19-9-8-18-13-19/h4-9,13H,3,10-12H2,1-2H3. The third-order valence-corrected chi connectivity index (χ3v) is 5.50. The molecule has 0 bridgehead atoms. The van der Waals surface area contributed by atoms with E-state index >= 15 is 0 Å². The van der Waals surface area contributed by atoms with Gasteiger partial charge in [-0.05, 0) is 12.1 Å². The van der Waals surface area contributed by atoms with E-state index in [9.17, 15) is 4.79 Å². The molecular formula is C17H21N3O3S. The Morgan fingerprint density at radius 3 is 2.83 bits per heavy atom. The summed E-state index contributed by atoms with van der Waals surface area (Å²) in [6.45, 7) is 2.91. The van der Waals surface area contributed by atoms with Gasteiger partial charge in [0, 0.05) is 31.1 Å². The van der Waals surface area contributed by atoms with Crippen molar-refractivity contribution in [3.05, 3.63) is 43.0 Å². The Bertz CT molecular complexity index is 692. The van der Waals surface area contributed by atoms with Crippen LogP contribution >= 0.6 is 11.8 Å². The number of carbonyl (C=O) groups excluding carboxylic acids is 1. The first-order valence-corrected chi connectivity index (χ1v) is 8.89. The molecule has 6 nitrogen and oxygen atoms in total. The van der Waals surface area contributed by atoms with Crippen molar-refractivity contribution in [1.29, 1.82) is 0 Å². The van der Waals surface area contributed by atoms with Gasteiger partial charge in [0.1, 0.15) is 12.9 Å². The molecule has 0 radical (unpaired) electrons. The highest BCUT2D eigenvalue weighted by Crippen LogP contribution is 2.38. The van der Waals surface area contributed by atoms with Crippen molar-refractivity contribution in [2.45, 2.75) is 18.2 Å². The number of benzene rings is 1. The number of imidazole rings is 1. The van der Waals surface area contributed by atoms with Crippen LogP contribution in [0.15, 0.2) is 43.0 Å². The molecule has 0 saturated carbocycles. The van der Waals surface area contributed by atoms with Gasteiger partial charge < -0.3 is 9.47 Å². The van der Waals surface area contributed by atoms with Crippen LogP contribution in [0.5, 0.6) is 11.5 Å². The van der Waals surface area contributed by atoms with Gasteiger partial charge in [-0.15, -0.1) is 11.8 Å². The molecule has 1 unspecified atom stereocenters. The number of carbonyl (C=O) groups is 1. The van der Waals surface area contributed by atoms with Gasteiger partial charge in [0.2, 0.25) is 0 Å². The molecule has 24 heavy (non-hydrogen) atoms. The molecule has 3 rings (SSSR count). The SMILES string of the molecule is CCC(=O)C1(COc2ccccc2OC)SCCN1n1ccnc1. The van der Waals surface area contributed by atoms with Crippen LogP contribution in [0, 0.1) is 0 Å². The maximum absolute atomic E-state index is 12.8. The lowest BCUT2D eigenvalue weighted by molar-refractivity contribution is -0.122. The van der Waals surface area contributed by atoms with Crippen LogP contribution in [-0.2, 0) is 4.79 Å². The highest BCUT2D eigenvalue weighted by molar-refractivity contribution is 8.01. The fourth-order valence-electron chi connectivity index (χ4n) is 2.86. The Morgan fingerprint density at radius 1 is 1.38 bits per heavy atom. The van der Waals surface area contributed by atoms with E-state index in [-0.39, 0.29) is 12.4 Å². The van der Waals surface area contributed by atoms with Crippen LogP contribution in [0.4, 0.5) is 0 Å². The lowest BCUT2D eigenvalue weighted by Crippen LogP contribution is -2.57. The Morgan fingerprint density at radius 2 is 2.17 bits per heavy atom. The molecule has 1 aromatic carbocycles. The van der Waals surface area contributed by atoms with Crippen molar-refractivity contribution in [1.82, 2.24) is 9.66 Å². The summed E-state index contributed by atoms with van der Waals surface area (Å²) in [4.78, 5) is 16.2. The molecule has 1 aliphatic heterocycles. The number of ketones is 1. The molecule has 0 spiro atoms. The molecule has 1 aromatic heterocycles. The molecular weight excluding hydrogens is 326 g/mol. The zero-order chi connectivity index (χ0) is 17.0. The maximum atomic E-state index is 12.8. The topological polar surface area (TPSA) is 56.6 Å². The van der Waals surface area contributed by atoms with Gasteiger partial charge in [-0.25, -0.2) is 4.98 Å². The van der Waals surface area contributed by atoms with E-state index in [0.29, 0.717) is 17.9 Å². The summed E-state index contributed by atoms with van der Waals surface area (Å²) in [5, 5.41) is 2.03. The van der Waals surface area contributed by atoms with Crippen LogP contribution in [0.2, 0.25) is 0 Å². The number of methoxy groups -OCH3 is 1. The first-order chi connectivity index (χ1) is 11.7. The van der Waals surface area contributed by atoms with Crippen molar-refractivity contribution < 1.29 is 14.3 Å². The molecule has 0 aliphatic carbocycles. The van der Waals surface area contributed by atoms with Crippen molar-refractivity contribution in [3.63, 3.8) is 0 Å². The molecule has 1 fully saturated rings.